The highest BCUT2D eigenvalue weighted by atomic mass is 16.2. The second-order valence-corrected chi connectivity index (χ2v) is 6.64. The molecule has 1 aliphatic heterocycles. The number of Topliss-reactive ketones (excluding diaryl/α,β-unsaturated/α-hetero) is 1. The maximum atomic E-state index is 12.4. The van der Waals surface area contributed by atoms with Crippen LogP contribution in [0.2, 0.25) is 0 Å². The summed E-state index contributed by atoms with van der Waals surface area (Å²) in [6, 6.07) is 7.95. The minimum Gasteiger partial charge on any atom is -0.331 e. The monoisotopic (exact) mass is 317 g/mol. The van der Waals surface area contributed by atoms with E-state index in [0.29, 0.717) is 25.6 Å². The fraction of sp³-hybridized carbons (Fsp3) is 0.556. The summed E-state index contributed by atoms with van der Waals surface area (Å²) in [6.07, 6.45) is 0. The number of benzene rings is 1. The van der Waals surface area contributed by atoms with Crippen molar-refractivity contribution >= 4 is 11.8 Å². The first kappa shape index (κ1) is 17.5. The lowest BCUT2D eigenvalue weighted by Gasteiger charge is -2.35. The van der Waals surface area contributed by atoms with Gasteiger partial charge in [0.15, 0.2) is 5.78 Å². The zero-order valence-electron chi connectivity index (χ0n) is 14.6. The Labute approximate surface area is 138 Å². The van der Waals surface area contributed by atoms with Crippen LogP contribution in [0.3, 0.4) is 0 Å². The van der Waals surface area contributed by atoms with E-state index in [2.05, 4.69) is 18.7 Å². The Bertz CT molecular complexity index is 544. The number of rotatable bonds is 4. The van der Waals surface area contributed by atoms with Crippen LogP contribution in [0.15, 0.2) is 24.3 Å². The third-order valence-corrected chi connectivity index (χ3v) is 4.29. The van der Waals surface area contributed by atoms with E-state index in [1.54, 1.807) is 19.0 Å². The van der Waals surface area contributed by atoms with Gasteiger partial charge in [-0.2, -0.15) is 0 Å². The maximum absolute atomic E-state index is 12.4. The highest BCUT2D eigenvalue weighted by Gasteiger charge is 2.23. The van der Waals surface area contributed by atoms with Gasteiger partial charge in [0, 0.05) is 45.8 Å². The summed E-state index contributed by atoms with van der Waals surface area (Å²) in [5.74, 6) is 0.620. The van der Waals surface area contributed by atoms with Gasteiger partial charge >= 0.3 is 6.03 Å². The first-order valence-electron chi connectivity index (χ1n) is 8.20. The molecule has 0 spiro atoms. The molecule has 23 heavy (non-hydrogen) atoms. The highest BCUT2D eigenvalue weighted by Crippen LogP contribution is 2.15. The van der Waals surface area contributed by atoms with Gasteiger partial charge in [0.1, 0.15) is 0 Å². The largest absolute Gasteiger partial charge is 0.331 e. The summed E-state index contributed by atoms with van der Waals surface area (Å²) >= 11 is 0. The summed E-state index contributed by atoms with van der Waals surface area (Å²) in [5, 5.41) is 0. The molecule has 126 valence electrons. The molecule has 2 rings (SSSR count). The molecule has 1 fully saturated rings. The number of hydrogen-bond donors (Lipinski definition) is 0. The number of hydrogen-bond acceptors (Lipinski definition) is 3. The van der Waals surface area contributed by atoms with Crippen molar-refractivity contribution in [3.63, 3.8) is 0 Å². The van der Waals surface area contributed by atoms with E-state index in [9.17, 15) is 9.59 Å². The molecule has 0 bridgehead atoms. The van der Waals surface area contributed by atoms with Crippen LogP contribution in [0.4, 0.5) is 4.79 Å². The zero-order valence-corrected chi connectivity index (χ0v) is 14.6. The van der Waals surface area contributed by atoms with Gasteiger partial charge in [-0.05, 0) is 11.5 Å². The second kappa shape index (κ2) is 7.59. The Morgan fingerprint density at radius 2 is 1.61 bits per heavy atom. The predicted octanol–water partition coefficient (Wildman–Crippen LogP) is 2.29. The smallest absolute Gasteiger partial charge is 0.319 e. The highest BCUT2D eigenvalue weighted by molar-refractivity contribution is 5.97. The molecule has 0 aliphatic carbocycles. The lowest BCUT2D eigenvalue weighted by atomic mass is 10.0. The van der Waals surface area contributed by atoms with Gasteiger partial charge in [-0.15, -0.1) is 0 Å². The average molecular weight is 317 g/mol. The minimum atomic E-state index is 0.0419. The molecule has 2 amide bonds. The summed E-state index contributed by atoms with van der Waals surface area (Å²) < 4.78 is 0. The zero-order chi connectivity index (χ0) is 17.0. The van der Waals surface area contributed by atoms with Gasteiger partial charge in [0.05, 0.1) is 6.54 Å². The second-order valence-electron chi connectivity index (χ2n) is 6.64. The van der Waals surface area contributed by atoms with E-state index < -0.39 is 0 Å². The SMILES string of the molecule is CC(C)c1ccc(C(=O)CN2CCN(C(=O)N(C)C)CC2)cc1. The Kier molecular flexibility index (Phi) is 5.77. The van der Waals surface area contributed by atoms with Crippen molar-refractivity contribution in [1.29, 1.82) is 0 Å². The molecule has 0 atom stereocenters. The molecule has 0 saturated carbocycles. The Balaban J connectivity index is 1.86. The van der Waals surface area contributed by atoms with Crippen molar-refractivity contribution in [2.75, 3.05) is 46.8 Å². The number of nitrogens with zero attached hydrogens (tertiary/aromatic N) is 3. The van der Waals surface area contributed by atoms with Crippen LogP contribution in [-0.2, 0) is 0 Å². The first-order valence-corrected chi connectivity index (χ1v) is 8.20. The summed E-state index contributed by atoms with van der Waals surface area (Å²) in [6.45, 7) is 7.56. The molecule has 1 aromatic carbocycles. The van der Waals surface area contributed by atoms with E-state index in [0.717, 1.165) is 18.7 Å². The molecular formula is C18H27N3O2. The van der Waals surface area contributed by atoms with Crippen LogP contribution < -0.4 is 0 Å². The number of urea groups is 1. The van der Waals surface area contributed by atoms with Crippen molar-refractivity contribution in [3.8, 4) is 0 Å². The average Bonchev–Trinajstić information content (AvgIpc) is 2.54. The fourth-order valence-electron chi connectivity index (χ4n) is 2.73. The van der Waals surface area contributed by atoms with Gasteiger partial charge in [-0.3, -0.25) is 9.69 Å². The summed E-state index contributed by atoms with van der Waals surface area (Å²) in [5.41, 5.74) is 2.01. The molecule has 0 unspecified atom stereocenters. The lowest BCUT2D eigenvalue weighted by molar-refractivity contribution is 0.0863. The molecule has 0 N–H and O–H groups in total. The lowest BCUT2D eigenvalue weighted by Crippen LogP contribution is -2.52. The van der Waals surface area contributed by atoms with Gasteiger partial charge in [0.2, 0.25) is 0 Å². The van der Waals surface area contributed by atoms with Crippen LogP contribution >= 0.6 is 0 Å². The maximum Gasteiger partial charge on any atom is 0.319 e. The van der Waals surface area contributed by atoms with E-state index in [1.165, 1.54) is 5.56 Å². The third-order valence-electron chi connectivity index (χ3n) is 4.29. The van der Waals surface area contributed by atoms with Gasteiger partial charge < -0.3 is 9.80 Å². The van der Waals surface area contributed by atoms with Crippen molar-refractivity contribution < 1.29 is 9.59 Å². The van der Waals surface area contributed by atoms with Crippen molar-refractivity contribution in [1.82, 2.24) is 14.7 Å². The quantitative estimate of drug-likeness (QED) is 0.800. The normalized spacial score (nSPS) is 15.8. The van der Waals surface area contributed by atoms with Crippen molar-refractivity contribution in [3.05, 3.63) is 35.4 Å². The standard InChI is InChI=1S/C18H27N3O2/c1-14(2)15-5-7-16(8-6-15)17(22)13-20-9-11-21(12-10-20)18(23)19(3)4/h5-8,14H,9-13H2,1-4H3. The Morgan fingerprint density at radius 3 is 2.09 bits per heavy atom. The number of piperazine rings is 1. The predicted molar refractivity (Wildman–Crippen MR) is 92.0 cm³/mol. The molecular weight excluding hydrogens is 290 g/mol. The van der Waals surface area contributed by atoms with Crippen LogP contribution in [0.25, 0.3) is 0 Å². The molecule has 1 saturated heterocycles. The van der Waals surface area contributed by atoms with Gasteiger partial charge in [-0.1, -0.05) is 38.1 Å². The van der Waals surface area contributed by atoms with E-state index >= 15 is 0 Å². The Morgan fingerprint density at radius 1 is 1.04 bits per heavy atom. The molecule has 5 nitrogen and oxygen atoms in total. The van der Waals surface area contributed by atoms with Crippen molar-refractivity contribution in [2.24, 2.45) is 0 Å². The third kappa shape index (κ3) is 4.55. The van der Waals surface area contributed by atoms with Crippen LogP contribution in [0, 0.1) is 0 Å². The summed E-state index contributed by atoms with van der Waals surface area (Å²) in [4.78, 5) is 29.8. The van der Waals surface area contributed by atoms with Gasteiger partial charge in [0.25, 0.3) is 0 Å². The molecule has 5 heteroatoms. The molecule has 1 heterocycles. The Hall–Kier alpha value is -1.88. The topological polar surface area (TPSA) is 43.9 Å². The van der Waals surface area contributed by atoms with E-state index in [-0.39, 0.29) is 11.8 Å². The first-order chi connectivity index (χ1) is 10.9. The van der Waals surface area contributed by atoms with Crippen molar-refractivity contribution in [2.45, 2.75) is 19.8 Å². The van der Waals surface area contributed by atoms with E-state index in [1.807, 2.05) is 29.2 Å². The number of carbonyl (C=O) groups is 2. The van der Waals surface area contributed by atoms with Crippen LogP contribution in [0.5, 0.6) is 0 Å². The van der Waals surface area contributed by atoms with Crippen LogP contribution in [-0.4, -0.2) is 73.3 Å². The summed E-state index contributed by atoms with van der Waals surface area (Å²) in [7, 11) is 3.53. The fourth-order valence-corrected chi connectivity index (χ4v) is 2.73. The number of carbonyl (C=O) groups excluding carboxylic acids is 2. The van der Waals surface area contributed by atoms with Crippen LogP contribution in [0.1, 0.15) is 35.7 Å². The van der Waals surface area contributed by atoms with Gasteiger partial charge in [-0.25, -0.2) is 4.79 Å². The number of amides is 2. The molecule has 0 aromatic heterocycles. The molecule has 1 aliphatic rings. The molecule has 1 aromatic rings. The number of ketones is 1. The molecule has 0 radical (unpaired) electrons. The van der Waals surface area contributed by atoms with E-state index in [4.69, 9.17) is 0 Å². The minimum absolute atomic E-state index is 0.0419.